The Hall–Kier alpha value is -1.40. The van der Waals surface area contributed by atoms with Gasteiger partial charge in [0.25, 0.3) is 0 Å². The average molecular weight is 528 g/mol. The van der Waals surface area contributed by atoms with Crippen LogP contribution in [0.3, 0.4) is 0 Å². The van der Waals surface area contributed by atoms with Crippen molar-refractivity contribution in [2.24, 2.45) is 0 Å². The Bertz CT molecular complexity index is 949. The van der Waals surface area contributed by atoms with Gasteiger partial charge in [-0.05, 0) is 61.7 Å². The zero-order chi connectivity index (χ0) is 23.8. The van der Waals surface area contributed by atoms with E-state index in [1.165, 1.54) is 6.42 Å². The lowest BCUT2D eigenvalue weighted by Crippen LogP contribution is -2.50. The lowest BCUT2D eigenvalue weighted by Gasteiger charge is -2.31. The van der Waals surface area contributed by atoms with Crippen LogP contribution in [0.5, 0.6) is 0 Å². The SMILES string of the molecule is CC(C(=O)NC1CCCCC1)N(Cc1ccc(Cl)c(Cl)c1)C(=O)CCSc1ccc(Cl)cc1. The maximum atomic E-state index is 13.2. The summed E-state index contributed by atoms with van der Waals surface area (Å²) in [6.07, 6.45) is 5.79. The van der Waals surface area contributed by atoms with Crippen molar-refractivity contribution in [2.75, 3.05) is 5.75 Å². The van der Waals surface area contributed by atoms with Gasteiger partial charge in [-0.3, -0.25) is 9.59 Å². The highest BCUT2D eigenvalue weighted by atomic mass is 35.5. The Morgan fingerprint density at radius 1 is 1.03 bits per heavy atom. The van der Waals surface area contributed by atoms with Crippen molar-refractivity contribution in [3.63, 3.8) is 0 Å². The molecular formula is C25H29Cl3N2O2S. The highest BCUT2D eigenvalue weighted by Crippen LogP contribution is 2.25. The molecule has 33 heavy (non-hydrogen) atoms. The van der Waals surface area contributed by atoms with Crippen molar-refractivity contribution in [1.29, 1.82) is 0 Å². The van der Waals surface area contributed by atoms with Gasteiger partial charge in [0.2, 0.25) is 11.8 Å². The molecule has 0 saturated heterocycles. The summed E-state index contributed by atoms with van der Waals surface area (Å²) in [7, 11) is 0. The number of benzene rings is 2. The van der Waals surface area contributed by atoms with Gasteiger partial charge in [0.1, 0.15) is 6.04 Å². The van der Waals surface area contributed by atoms with Crippen LogP contribution in [0.15, 0.2) is 47.4 Å². The first kappa shape index (κ1) is 26.2. The van der Waals surface area contributed by atoms with Crippen LogP contribution >= 0.6 is 46.6 Å². The summed E-state index contributed by atoms with van der Waals surface area (Å²) >= 11 is 19.8. The molecule has 1 aliphatic rings. The normalized spacial score (nSPS) is 15.2. The molecule has 8 heteroatoms. The van der Waals surface area contributed by atoms with Crippen molar-refractivity contribution in [3.05, 3.63) is 63.1 Å². The molecule has 0 aromatic heterocycles. The van der Waals surface area contributed by atoms with E-state index in [0.29, 0.717) is 33.8 Å². The molecule has 1 aliphatic carbocycles. The fourth-order valence-corrected chi connectivity index (χ4v) is 5.20. The molecule has 0 radical (unpaired) electrons. The first-order chi connectivity index (χ1) is 15.8. The summed E-state index contributed by atoms with van der Waals surface area (Å²) in [5.41, 5.74) is 0.834. The zero-order valence-electron chi connectivity index (χ0n) is 18.7. The molecule has 0 bridgehead atoms. The van der Waals surface area contributed by atoms with Gasteiger partial charge in [-0.1, -0.05) is 60.1 Å². The monoisotopic (exact) mass is 526 g/mol. The molecule has 2 amide bonds. The summed E-state index contributed by atoms with van der Waals surface area (Å²) < 4.78 is 0. The first-order valence-electron chi connectivity index (χ1n) is 11.3. The first-order valence-corrected chi connectivity index (χ1v) is 13.4. The lowest BCUT2D eigenvalue weighted by molar-refractivity contribution is -0.140. The number of halogens is 3. The Morgan fingerprint density at radius 2 is 1.73 bits per heavy atom. The number of nitrogens with one attached hydrogen (secondary N) is 1. The number of rotatable bonds is 9. The quantitative estimate of drug-likeness (QED) is 0.357. The molecule has 2 aromatic carbocycles. The molecule has 1 N–H and O–H groups in total. The average Bonchev–Trinajstić information content (AvgIpc) is 2.81. The van der Waals surface area contributed by atoms with Crippen LogP contribution < -0.4 is 5.32 Å². The standard InChI is InChI=1S/C25H29Cl3N2O2S/c1-17(25(32)29-20-5-3-2-4-6-20)30(16-18-7-12-22(27)23(28)15-18)24(31)13-14-33-21-10-8-19(26)9-11-21/h7-12,15,17,20H,2-6,13-14,16H2,1H3,(H,29,32). The van der Waals surface area contributed by atoms with E-state index in [1.807, 2.05) is 30.3 Å². The van der Waals surface area contributed by atoms with Gasteiger partial charge in [0.15, 0.2) is 0 Å². The van der Waals surface area contributed by atoms with Crippen LogP contribution in [0.2, 0.25) is 15.1 Å². The largest absolute Gasteiger partial charge is 0.352 e. The number of hydrogen-bond acceptors (Lipinski definition) is 3. The van der Waals surface area contributed by atoms with Gasteiger partial charge < -0.3 is 10.2 Å². The summed E-state index contributed by atoms with van der Waals surface area (Å²) in [5.74, 6) is 0.421. The molecule has 0 aliphatic heterocycles. The lowest BCUT2D eigenvalue weighted by atomic mass is 9.95. The van der Waals surface area contributed by atoms with E-state index in [1.54, 1.807) is 35.7 Å². The van der Waals surface area contributed by atoms with Gasteiger partial charge >= 0.3 is 0 Å². The predicted molar refractivity (Wildman–Crippen MR) is 138 cm³/mol. The minimum Gasteiger partial charge on any atom is -0.352 e. The minimum atomic E-state index is -0.589. The fourth-order valence-electron chi connectivity index (χ4n) is 3.92. The summed E-state index contributed by atoms with van der Waals surface area (Å²) in [5, 5.41) is 4.72. The minimum absolute atomic E-state index is 0.0752. The fraction of sp³-hybridized carbons (Fsp3) is 0.440. The molecule has 1 fully saturated rings. The van der Waals surface area contributed by atoms with E-state index < -0.39 is 6.04 Å². The number of hydrogen-bond donors (Lipinski definition) is 1. The molecular weight excluding hydrogens is 499 g/mol. The van der Waals surface area contributed by atoms with Gasteiger partial charge in [0.05, 0.1) is 10.0 Å². The molecule has 0 spiro atoms. The van der Waals surface area contributed by atoms with Crippen LogP contribution in [0.25, 0.3) is 0 Å². The molecule has 1 unspecified atom stereocenters. The topological polar surface area (TPSA) is 49.4 Å². The Kier molecular flexibility index (Phi) is 10.2. The third-order valence-corrected chi connectivity index (χ3v) is 7.86. The second kappa shape index (κ2) is 12.9. The molecule has 3 rings (SSSR count). The van der Waals surface area contributed by atoms with Crippen LogP contribution in [0.1, 0.15) is 51.0 Å². The van der Waals surface area contributed by atoms with E-state index in [2.05, 4.69) is 5.32 Å². The smallest absolute Gasteiger partial charge is 0.242 e. The Morgan fingerprint density at radius 3 is 2.39 bits per heavy atom. The summed E-state index contributed by atoms with van der Waals surface area (Å²) in [4.78, 5) is 28.9. The van der Waals surface area contributed by atoms with Gasteiger partial charge in [-0.2, -0.15) is 0 Å². The van der Waals surface area contributed by atoms with E-state index in [0.717, 1.165) is 36.1 Å². The Balaban J connectivity index is 1.67. The molecule has 2 aromatic rings. The van der Waals surface area contributed by atoms with Crippen molar-refractivity contribution in [2.45, 2.75) is 69.0 Å². The highest BCUT2D eigenvalue weighted by Gasteiger charge is 2.28. The van der Waals surface area contributed by atoms with Crippen molar-refractivity contribution in [1.82, 2.24) is 10.2 Å². The second-order valence-electron chi connectivity index (χ2n) is 8.34. The van der Waals surface area contributed by atoms with Crippen molar-refractivity contribution >= 4 is 58.4 Å². The third-order valence-electron chi connectivity index (χ3n) is 5.85. The molecule has 4 nitrogen and oxygen atoms in total. The Labute approximate surface area is 215 Å². The van der Waals surface area contributed by atoms with Crippen LogP contribution in [0, 0.1) is 0 Å². The maximum absolute atomic E-state index is 13.2. The molecule has 0 heterocycles. The van der Waals surface area contributed by atoms with Gasteiger partial charge in [-0.15, -0.1) is 11.8 Å². The van der Waals surface area contributed by atoms with Gasteiger partial charge in [-0.25, -0.2) is 0 Å². The van der Waals surface area contributed by atoms with E-state index >= 15 is 0 Å². The van der Waals surface area contributed by atoms with E-state index in [-0.39, 0.29) is 17.9 Å². The molecule has 1 saturated carbocycles. The van der Waals surface area contributed by atoms with E-state index in [9.17, 15) is 9.59 Å². The predicted octanol–water partition coefficient (Wildman–Crippen LogP) is 7.00. The van der Waals surface area contributed by atoms with Gasteiger partial charge in [0, 0.05) is 34.7 Å². The van der Waals surface area contributed by atoms with Crippen LogP contribution in [0.4, 0.5) is 0 Å². The van der Waals surface area contributed by atoms with Crippen LogP contribution in [-0.4, -0.2) is 34.6 Å². The summed E-state index contributed by atoms with van der Waals surface area (Å²) in [6.45, 7) is 2.08. The number of carbonyl (C=O) groups excluding carboxylic acids is 2. The maximum Gasteiger partial charge on any atom is 0.242 e. The van der Waals surface area contributed by atoms with Crippen molar-refractivity contribution in [3.8, 4) is 0 Å². The van der Waals surface area contributed by atoms with Crippen molar-refractivity contribution < 1.29 is 9.59 Å². The zero-order valence-corrected chi connectivity index (χ0v) is 21.7. The number of amides is 2. The number of nitrogens with zero attached hydrogens (tertiary/aromatic N) is 1. The summed E-state index contributed by atoms with van der Waals surface area (Å²) in [6, 6.07) is 12.4. The molecule has 1 atom stereocenters. The second-order valence-corrected chi connectivity index (χ2v) is 10.8. The molecule has 178 valence electrons. The number of thioether (sulfide) groups is 1. The van der Waals surface area contributed by atoms with Crippen LogP contribution in [-0.2, 0) is 16.1 Å². The third kappa shape index (κ3) is 8.10. The number of carbonyl (C=O) groups is 2. The van der Waals surface area contributed by atoms with E-state index in [4.69, 9.17) is 34.8 Å². The highest BCUT2D eigenvalue weighted by molar-refractivity contribution is 7.99.